The first-order valence-electron chi connectivity index (χ1n) is 3.14. The molecule has 0 saturated heterocycles. The van der Waals surface area contributed by atoms with Crippen molar-refractivity contribution < 1.29 is 108 Å². The number of rotatable bonds is 1. The number of imidazole rings is 1. The Morgan fingerprint density at radius 1 is 1.33 bits per heavy atom. The monoisotopic (exact) mass is 260 g/mol. The van der Waals surface area contributed by atoms with Crippen LogP contribution in [-0.4, -0.2) is 9.97 Å². The summed E-state index contributed by atoms with van der Waals surface area (Å²) in [5.74, 6) is 1.06. The second-order valence-electron chi connectivity index (χ2n) is 1.84. The number of phosphoric acid groups is 1. The molecule has 0 aliphatic carbocycles. The fourth-order valence-corrected chi connectivity index (χ4v) is 0.491. The fourth-order valence-electron chi connectivity index (χ4n) is 0.491. The molecule has 0 fully saturated rings. The number of hydrogen-bond acceptors (Lipinski definition) is 5. The number of aromatic amines is 1. The topological polar surface area (TPSA) is 115 Å². The normalized spacial score (nSPS) is 8.27. The van der Waals surface area contributed by atoms with Crippen molar-refractivity contribution >= 4 is 7.82 Å². The Balaban J connectivity index is -0.0000000701. The summed E-state index contributed by atoms with van der Waals surface area (Å²) in [6.07, 6.45) is 4.59. The molecule has 1 heterocycles. The van der Waals surface area contributed by atoms with E-state index in [2.05, 4.69) is 16.9 Å². The predicted molar refractivity (Wildman–Crippen MR) is 35.6 cm³/mol. The van der Waals surface area contributed by atoms with Crippen LogP contribution < -0.4 is 103 Å². The van der Waals surface area contributed by atoms with Crippen LogP contribution >= 0.6 is 7.82 Å². The van der Waals surface area contributed by atoms with Crippen molar-refractivity contribution in [2.24, 2.45) is 0 Å². The Kier molecular flexibility index (Phi) is 24.9. The van der Waals surface area contributed by atoms with E-state index in [0.29, 0.717) is 0 Å². The average molecular weight is 260 g/mol. The van der Waals surface area contributed by atoms with Crippen LogP contribution in [0.4, 0.5) is 0 Å². The zero-order valence-corrected chi connectivity index (χ0v) is 16.3. The van der Waals surface area contributed by atoms with Crippen molar-refractivity contribution in [3.05, 3.63) is 18.2 Å². The van der Waals surface area contributed by atoms with Gasteiger partial charge in [-0.3, -0.25) is 0 Å². The smallest absolute Gasteiger partial charge is 0.822 e. The first-order chi connectivity index (χ1) is 5.43. The fraction of sp³-hybridized carbons (Fsp3) is 0.400. The van der Waals surface area contributed by atoms with E-state index in [-0.39, 0.29) is 88.7 Å². The molecule has 0 aliphatic rings. The molecule has 0 atom stereocenters. The van der Waals surface area contributed by atoms with Crippen LogP contribution in [0.3, 0.4) is 0 Å². The summed E-state index contributed by atoms with van der Waals surface area (Å²) >= 11 is 0. The van der Waals surface area contributed by atoms with Crippen molar-refractivity contribution in [3.8, 4) is 0 Å². The number of hydrogen-bond donors (Lipinski definition) is 1. The van der Waals surface area contributed by atoms with Crippen LogP contribution in [0.2, 0.25) is 0 Å². The molecule has 0 amide bonds. The number of H-pyrrole nitrogens is 1. The summed E-state index contributed by atoms with van der Waals surface area (Å²) < 4.78 is 8.55. The van der Waals surface area contributed by atoms with Gasteiger partial charge in [0.05, 0.1) is 0 Å². The van der Waals surface area contributed by atoms with E-state index in [0.717, 1.165) is 12.2 Å². The van der Waals surface area contributed by atoms with Gasteiger partial charge in [-0.25, -0.2) is 4.98 Å². The molecule has 0 radical (unpaired) electrons. The molecule has 6 nitrogen and oxygen atoms in total. The predicted octanol–water partition coefficient (Wildman–Crippen LogP) is -10.8. The molecular weight excluding hydrogens is 252 g/mol. The number of aryl methyl sites for hydroxylation is 1. The van der Waals surface area contributed by atoms with E-state index in [1.54, 1.807) is 6.20 Å². The van der Waals surface area contributed by atoms with E-state index in [1.165, 1.54) is 0 Å². The Hall–Kier alpha value is 2.32. The zero-order valence-electron chi connectivity index (χ0n) is 9.39. The molecule has 1 rings (SSSR count). The molecule has 0 unspecified atom stereocenters. The van der Waals surface area contributed by atoms with Gasteiger partial charge in [-0.05, 0) is 0 Å². The van der Waals surface area contributed by atoms with Crippen LogP contribution in [0, 0.1) is 0 Å². The van der Waals surface area contributed by atoms with Gasteiger partial charge in [0.1, 0.15) is 5.82 Å². The van der Waals surface area contributed by atoms with Crippen LogP contribution in [0.1, 0.15) is 12.7 Å². The Bertz CT molecular complexity index is 245. The maximum absolute atomic E-state index is 8.55. The third kappa shape index (κ3) is 26.1. The molecular formula is C5H8N2Na3O4P. The minimum Gasteiger partial charge on any atom is -0.822 e. The van der Waals surface area contributed by atoms with Gasteiger partial charge in [0, 0.05) is 18.8 Å². The van der Waals surface area contributed by atoms with Crippen molar-refractivity contribution in [2.45, 2.75) is 13.3 Å². The van der Waals surface area contributed by atoms with Crippen molar-refractivity contribution in [2.75, 3.05) is 0 Å². The van der Waals surface area contributed by atoms with Crippen LogP contribution in [-0.2, 0) is 11.0 Å². The summed E-state index contributed by atoms with van der Waals surface area (Å²) in [6, 6.07) is 0. The maximum Gasteiger partial charge on any atom is 1.00 e. The zero-order chi connectivity index (χ0) is 9.61. The van der Waals surface area contributed by atoms with E-state index in [4.69, 9.17) is 19.2 Å². The molecule has 70 valence electrons. The van der Waals surface area contributed by atoms with Gasteiger partial charge in [-0.2, -0.15) is 7.82 Å². The molecule has 0 saturated carbocycles. The summed E-state index contributed by atoms with van der Waals surface area (Å²) in [7, 11) is -5.39. The van der Waals surface area contributed by atoms with Gasteiger partial charge in [0.25, 0.3) is 0 Å². The van der Waals surface area contributed by atoms with Gasteiger partial charge < -0.3 is 24.2 Å². The molecule has 0 aromatic carbocycles. The molecule has 1 N–H and O–H groups in total. The SMILES string of the molecule is CCc1ncc[nH]1.O=P([O-])([O-])[O-].[Na+].[Na+].[Na+]. The van der Waals surface area contributed by atoms with E-state index >= 15 is 0 Å². The van der Waals surface area contributed by atoms with Gasteiger partial charge >= 0.3 is 88.7 Å². The van der Waals surface area contributed by atoms with Gasteiger partial charge in [0.2, 0.25) is 0 Å². The van der Waals surface area contributed by atoms with Crippen LogP contribution in [0.15, 0.2) is 12.4 Å². The van der Waals surface area contributed by atoms with Crippen molar-refractivity contribution in [1.29, 1.82) is 0 Å². The third-order valence-corrected chi connectivity index (χ3v) is 0.890. The third-order valence-electron chi connectivity index (χ3n) is 0.890. The molecule has 10 heteroatoms. The van der Waals surface area contributed by atoms with Crippen LogP contribution in [0.25, 0.3) is 0 Å². The Morgan fingerprint density at radius 2 is 1.73 bits per heavy atom. The standard InChI is InChI=1S/C5H8N2.3Na.H3O4P/c1-2-5-6-3-4-7-5;;;;1-5(2,3)4/h3-4H,2H2,1H3,(H,6,7);;;;(H3,1,2,3,4)/q;3*+1;/p-3. The van der Waals surface area contributed by atoms with Gasteiger partial charge in [-0.1, -0.05) is 6.92 Å². The minimum atomic E-state index is -5.39. The molecule has 0 aliphatic heterocycles. The number of nitrogens with one attached hydrogen (secondary N) is 1. The number of nitrogens with zero attached hydrogens (tertiary/aromatic N) is 1. The quantitative estimate of drug-likeness (QED) is 0.397. The second kappa shape index (κ2) is 14.4. The van der Waals surface area contributed by atoms with E-state index in [1.807, 2.05) is 6.20 Å². The molecule has 0 bridgehead atoms. The minimum absolute atomic E-state index is 0. The Morgan fingerprint density at radius 3 is 1.87 bits per heavy atom. The van der Waals surface area contributed by atoms with Gasteiger partial charge in [-0.15, -0.1) is 0 Å². The second-order valence-corrected chi connectivity index (χ2v) is 2.73. The van der Waals surface area contributed by atoms with Crippen molar-refractivity contribution in [3.63, 3.8) is 0 Å². The maximum atomic E-state index is 8.55. The summed E-state index contributed by atoms with van der Waals surface area (Å²) in [4.78, 5) is 32.6. The molecule has 15 heavy (non-hydrogen) atoms. The largest absolute Gasteiger partial charge is 1.00 e. The summed E-state index contributed by atoms with van der Waals surface area (Å²) in [6.45, 7) is 2.07. The summed E-state index contributed by atoms with van der Waals surface area (Å²) in [5, 5.41) is 0. The van der Waals surface area contributed by atoms with Crippen LogP contribution in [0.5, 0.6) is 0 Å². The number of aromatic nitrogens is 2. The Labute approximate surface area is 155 Å². The van der Waals surface area contributed by atoms with E-state index < -0.39 is 7.82 Å². The van der Waals surface area contributed by atoms with E-state index in [9.17, 15) is 0 Å². The molecule has 0 spiro atoms. The van der Waals surface area contributed by atoms with Crippen molar-refractivity contribution in [1.82, 2.24) is 9.97 Å². The average Bonchev–Trinajstić information content (AvgIpc) is 2.33. The molecule has 1 aromatic rings. The first kappa shape index (κ1) is 26.0. The molecule has 1 aromatic heterocycles. The first-order valence-corrected chi connectivity index (χ1v) is 4.61. The van der Waals surface area contributed by atoms with Gasteiger partial charge in [0.15, 0.2) is 0 Å². The summed E-state index contributed by atoms with van der Waals surface area (Å²) in [5.41, 5.74) is 0.